The van der Waals surface area contributed by atoms with Crippen LogP contribution in [-0.2, 0) is 14.6 Å². The Labute approximate surface area is 271 Å². The summed E-state index contributed by atoms with van der Waals surface area (Å²) in [7, 11) is -4.23. The van der Waals surface area contributed by atoms with Crippen LogP contribution in [0, 0.1) is 5.21 Å². The lowest BCUT2D eigenvalue weighted by molar-refractivity contribution is -0.832. The molecule has 2 aromatic heterocycles. The molecule has 3 aromatic carbocycles. The Morgan fingerprint density at radius 3 is 2.53 bits per heavy atom. The number of hydrogen-bond acceptors (Lipinski definition) is 11. The number of aromatic nitrogens is 4. The lowest BCUT2D eigenvalue weighted by Crippen LogP contribution is -2.42. The Bertz CT molecular complexity index is 1970. The van der Waals surface area contributed by atoms with Crippen molar-refractivity contribution in [1.29, 1.82) is 0 Å². The summed E-state index contributed by atoms with van der Waals surface area (Å²) >= 11 is 13.5. The molecule has 0 bridgehead atoms. The lowest BCUT2D eigenvalue weighted by atomic mass is 10.1. The van der Waals surface area contributed by atoms with Gasteiger partial charge in [-0.2, -0.15) is 0 Å². The minimum atomic E-state index is -4.23. The zero-order valence-electron chi connectivity index (χ0n) is 23.3. The van der Waals surface area contributed by atoms with Crippen LogP contribution in [0.1, 0.15) is 12.8 Å². The second kappa shape index (κ2) is 13.1. The van der Waals surface area contributed by atoms with Crippen molar-refractivity contribution < 1.29 is 27.5 Å². The highest BCUT2D eigenvalue weighted by Gasteiger charge is 2.37. The molecule has 1 aliphatic rings. The molecule has 3 heterocycles. The molecule has 0 spiro atoms. The van der Waals surface area contributed by atoms with Crippen LogP contribution in [0.3, 0.4) is 0 Å². The number of halogens is 2. The zero-order valence-corrected chi connectivity index (χ0v) is 26.4. The molecule has 232 valence electrons. The third-order valence-corrected chi connectivity index (χ3v) is 10.3. The van der Waals surface area contributed by atoms with Gasteiger partial charge in [0.2, 0.25) is 5.91 Å². The number of carbonyl (C=O) groups is 1. The van der Waals surface area contributed by atoms with Crippen molar-refractivity contribution in [2.24, 2.45) is 0 Å². The lowest BCUT2D eigenvalue weighted by Gasteiger charge is -2.31. The number of piperidine rings is 1. The quantitative estimate of drug-likeness (QED) is 0.122. The van der Waals surface area contributed by atoms with E-state index in [0.717, 1.165) is 5.39 Å². The highest BCUT2D eigenvalue weighted by atomic mass is 35.5. The molecule has 0 atom stereocenters. The highest BCUT2D eigenvalue weighted by Crippen LogP contribution is 2.31. The van der Waals surface area contributed by atoms with E-state index in [2.05, 4.69) is 25.1 Å². The van der Waals surface area contributed by atoms with Crippen molar-refractivity contribution in [3.63, 3.8) is 0 Å². The van der Waals surface area contributed by atoms with Crippen LogP contribution in [0.25, 0.3) is 10.9 Å². The molecule has 5 aromatic rings. The molecule has 0 aliphatic carbocycles. The van der Waals surface area contributed by atoms with Crippen LogP contribution in [0.5, 0.6) is 5.88 Å². The fraction of sp³-hybridized carbons (Fsp3) is 0.207. The van der Waals surface area contributed by atoms with E-state index in [-0.39, 0.29) is 21.5 Å². The normalized spacial score (nSPS) is 14.0. The van der Waals surface area contributed by atoms with Crippen molar-refractivity contribution >= 4 is 73.1 Å². The zero-order chi connectivity index (χ0) is 31.6. The van der Waals surface area contributed by atoms with Gasteiger partial charge in [-0.25, -0.2) is 18.4 Å². The van der Waals surface area contributed by atoms with Gasteiger partial charge in [-0.05, 0) is 47.4 Å². The number of rotatable bonds is 9. The van der Waals surface area contributed by atoms with E-state index in [0.29, 0.717) is 58.2 Å². The fourth-order valence-electron chi connectivity index (χ4n) is 4.75. The Morgan fingerprint density at radius 1 is 1.04 bits per heavy atom. The number of nitrogens with zero attached hydrogens (tertiary/aromatic N) is 5. The van der Waals surface area contributed by atoms with E-state index < -0.39 is 26.8 Å². The number of likely N-dealkylation sites (tertiary alicyclic amines) is 1. The van der Waals surface area contributed by atoms with Crippen molar-refractivity contribution in [3.8, 4) is 5.88 Å². The molecule has 0 unspecified atom stereocenters. The smallest absolute Gasteiger partial charge is 0.415 e. The van der Waals surface area contributed by atoms with Gasteiger partial charge >= 0.3 is 10.9 Å². The van der Waals surface area contributed by atoms with Gasteiger partial charge in [0.1, 0.15) is 11.9 Å². The van der Waals surface area contributed by atoms with Crippen LogP contribution in [0.15, 0.2) is 92.5 Å². The number of para-hydroxylation sites is 1. The first-order valence-corrected chi connectivity index (χ1v) is 16.9. The van der Waals surface area contributed by atoms with Crippen LogP contribution in [-0.4, -0.2) is 59.3 Å². The Balaban J connectivity index is 1.08. The van der Waals surface area contributed by atoms with Crippen molar-refractivity contribution in [1.82, 2.24) is 20.0 Å². The first kappa shape index (κ1) is 30.9. The van der Waals surface area contributed by atoms with Crippen molar-refractivity contribution in [3.05, 3.63) is 88.0 Å². The molecule has 0 radical (unpaired) electrons. The van der Waals surface area contributed by atoms with E-state index in [1.54, 1.807) is 41.3 Å². The summed E-state index contributed by atoms with van der Waals surface area (Å²) in [6.45, 7) is 0.728. The number of carbonyl (C=O) groups excluding carboxylic acids is 1. The minimum absolute atomic E-state index is 0.0896. The number of anilines is 2. The average Bonchev–Trinajstić information content (AvgIpc) is 3.42. The van der Waals surface area contributed by atoms with E-state index >= 15 is 0 Å². The molecular formula is C29H24Cl2N6O6S2. The number of fused-ring (bicyclic) bond motifs is 1. The van der Waals surface area contributed by atoms with E-state index in [4.69, 9.17) is 27.9 Å². The summed E-state index contributed by atoms with van der Waals surface area (Å²) in [5.41, 5.74) is 1.41. The van der Waals surface area contributed by atoms with Crippen LogP contribution in [0.4, 0.5) is 11.5 Å². The molecule has 1 amide bonds. The molecule has 1 saturated heterocycles. The summed E-state index contributed by atoms with van der Waals surface area (Å²) in [5.74, 6) is 0.149. The minimum Gasteiger partial charge on any atom is -0.451 e. The topological polar surface area (TPSA) is 154 Å². The van der Waals surface area contributed by atoms with Crippen LogP contribution in [0.2, 0.25) is 10.0 Å². The number of hydrogen-bond donors (Lipinski definition) is 1. The Kier molecular flexibility index (Phi) is 8.99. The monoisotopic (exact) mass is 686 g/mol. The molecule has 12 nitrogen and oxygen atoms in total. The van der Waals surface area contributed by atoms with Crippen LogP contribution >= 0.6 is 35.0 Å². The third kappa shape index (κ3) is 6.78. The number of nitrogens with one attached hydrogen (secondary N) is 1. The van der Waals surface area contributed by atoms with Gasteiger partial charge < -0.3 is 20.2 Å². The molecule has 6 rings (SSSR count). The second-order valence-corrected chi connectivity index (χ2v) is 13.6. The number of benzene rings is 3. The first-order valence-electron chi connectivity index (χ1n) is 13.6. The van der Waals surface area contributed by atoms with Gasteiger partial charge in [-0.3, -0.25) is 9.42 Å². The molecular weight excluding hydrogens is 663 g/mol. The first-order chi connectivity index (χ1) is 21.7. The van der Waals surface area contributed by atoms with Crippen molar-refractivity contribution in [2.45, 2.75) is 34.0 Å². The van der Waals surface area contributed by atoms with Crippen LogP contribution < -0.4 is 15.0 Å². The number of ether oxygens (including phenoxy) is 1. The third-order valence-electron chi connectivity index (χ3n) is 7.02. The van der Waals surface area contributed by atoms with Gasteiger partial charge in [0.25, 0.3) is 9.84 Å². The van der Waals surface area contributed by atoms with Gasteiger partial charge in [-0.15, -0.1) is 0 Å². The number of thioether (sulfide) groups is 1. The second-order valence-electron chi connectivity index (χ2n) is 9.97. The molecule has 16 heteroatoms. The molecule has 1 aliphatic heterocycles. The summed E-state index contributed by atoms with van der Waals surface area (Å²) in [6, 6.07) is 20.2. The molecule has 45 heavy (non-hydrogen) atoms. The Hall–Kier alpha value is -4.11. The molecule has 0 saturated carbocycles. The number of sulfone groups is 1. The maximum absolute atomic E-state index is 13.1. The van der Waals surface area contributed by atoms with Gasteiger partial charge in [0, 0.05) is 37.0 Å². The number of amides is 1. The summed E-state index contributed by atoms with van der Waals surface area (Å²) in [6.07, 6.45) is 0.323. The maximum Gasteiger partial charge on any atom is 0.415 e. The van der Waals surface area contributed by atoms with Gasteiger partial charge in [0.05, 0.1) is 31.4 Å². The molecule has 1 N–H and O–H groups in total. The van der Waals surface area contributed by atoms with Crippen molar-refractivity contribution in [2.75, 3.05) is 24.2 Å². The van der Waals surface area contributed by atoms with Gasteiger partial charge in [0.15, 0.2) is 5.16 Å². The highest BCUT2D eigenvalue weighted by molar-refractivity contribution is 7.99. The van der Waals surface area contributed by atoms with Gasteiger partial charge in [-0.1, -0.05) is 65.3 Å². The summed E-state index contributed by atoms with van der Waals surface area (Å²) in [4.78, 5) is 23.8. The SMILES string of the molecule is O=C(CSc1nc(Nc2ccc(Cl)c(Cl)c2)c2ccccc2n1)N1CCC(Oc2no[n+]([O-])c2S(=O)(=O)c2ccccc2)CC1. The Morgan fingerprint density at radius 2 is 1.78 bits per heavy atom. The largest absolute Gasteiger partial charge is 0.451 e. The predicted molar refractivity (Wildman–Crippen MR) is 168 cm³/mol. The maximum atomic E-state index is 13.1. The standard InChI is InChI=1S/C29H24Cl2N6O6S2/c30-22-11-10-18(16-23(22)31)32-26-21-8-4-5-9-24(21)33-29(34-26)44-17-25(38)36-14-12-19(13-15-36)42-27-28(37(39)43-35-27)45(40,41)20-6-2-1-3-7-20/h1-11,16,19H,12-15,17H2,(H,32,33,34). The average molecular weight is 688 g/mol. The summed E-state index contributed by atoms with van der Waals surface area (Å²) < 4.78 is 36.4. The summed E-state index contributed by atoms with van der Waals surface area (Å²) in [5, 5.41) is 20.4. The van der Waals surface area contributed by atoms with E-state index in [1.165, 1.54) is 23.9 Å². The van der Waals surface area contributed by atoms with E-state index in [1.807, 2.05) is 24.3 Å². The fourth-order valence-corrected chi connectivity index (χ4v) is 7.08. The predicted octanol–water partition coefficient (Wildman–Crippen LogP) is 5.30. The molecule has 1 fully saturated rings. The van der Waals surface area contributed by atoms with E-state index in [9.17, 15) is 18.4 Å².